The molecule has 0 saturated heterocycles. The molecule has 0 aliphatic rings. The van der Waals surface area contributed by atoms with E-state index < -0.39 is 0 Å². The molecule has 2 nitrogen and oxygen atoms in total. The average Bonchev–Trinajstić information content (AvgIpc) is 3.17. The third-order valence-electron chi connectivity index (χ3n) is 8.18. The number of ether oxygens (including phenoxy) is 2. The van der Waals surface area contributed by atoms with Gasteiger partial charge in [-0.15, -0.1) is 0 Å². The lowest BCUT2D eigenvalue weighted by atomic mass is 10.3. The first-order chi connectivity index (χ1) is 24.6. The van der Waals surface area contributed by atoms with E-state index in [2.05, 4.69) is 178 Å². The fourth-order valence-corrected chi connectivity index (χ4v) is 12.1. The van der Waals surface area contributed by atoms with Gasteiger partial charge in [0.05, 0.1) is 32.7 Å². The summed E-state index contributed by atoms with van der Waals surface area (Å²) >= 11 is 0. The second kappa shape index (κ2) is 18.3. The van der Waals surface area contributed by atoms with Gasteiger partial charge in [0.25, 0.3) is 0 Å². The lowest BCUT2D eigenvalue weighted by Gasteiger charge is -2.11. The Kier molecular flexibility index (Phi) is 13.1. The number of rotatable bonds is 16. The van der Waals surface area contributed by atoms with E-state index in [0.717, 1.165) is 59.5 Å². The highest BCUT2D eigenvalue weighted by Gasteiger charge is 2.27. The average molecular weight is 716 g/mol. The highest BCUT2D eigenvalue weighted by molar-refractivity contribution is 7.97. The smallest absolute Gasteiger partial charge is 0.160 e. The fraction of sp³-hybridized carbons (Fsp3) is 0.200. The van der Waals surface area contributed by atoms with Crippen LogP contribution in [0.15, 0.2) is 187 Å². The van der Waals surface area contributed by atoms with Crippen molar-refractivity contribution in [3.8, 4) is 23.0 Å². The van der Waals surface area contributed by atoms with Crippen molar-refractivity contribution >= 4 is 32.7 Å². The molecule has 0 spiro atoms. The molecule has 6 aromatic carbocycles. The van der Waals surface area contributed by atoms with Gasteiger partial charge in [-0.2, -0.15) is 0 Å². The Balaban J connectivity index is 1.09. The van der Waals surface area contributed by atoms with Crippen molar-refractivity contribution in [3.63, 3.8) is 0 Å². The van der Waals surface area contributed by atoms with Crippen molar-refractivity contribution in [2.24, 2.45) is 0 Å². The maximum absolute atomic E-state index is 6.30. The van der Waals surface area contributed by atoms with Crippen molar-refractivity contribution in [3.05, 3.63) is 158 Å². The second-order valence-corrected chi connectivity index (χ2v) is 18.4. The van der Waals surface area contributed by atoms with Crippen LogP contribution < -0.4 is 9.47 Å². The van der Waals surface area contributed by atoms with Gasteiger partial charge in [-0.25, -0.2) is 0 Å². The van der Waals surface area contributed by atoms with Crippen LogP contribution in [0.3, 0.4) is 0 Å². The van der Waals surface area contributed by atoms with E-state index in [9.17, 15) is 0 Å². The Hall–Kier alpha value is -4.03. The van der Waals surface area contributed by atoms with E-state index in [1.165, 1.54) is 29.4 Å². The SMILES string of the molecule is CCC[S+](c1ccccc1)c1ccc(Oc2ccc([S+](CCC)c3ccc(Oc4ccc([S+](CCC)c5ccccc5)cc4)cc3)cc2)cc1. The van der Waals surface area contributed by atoms with Crippen LogP contribution in [0.2, 0.25) is 0 Å². The molecular formula is C45H47O2S3+3. The molecule has 6 rings (SSSR count). The van der Waals surface area contributed by atoms with Crippen molar-refractivity contribution in [2.45, 2.75) is 69.4 Å². The number of hydrogen-bond donors (Lipinski definition) is 0. The van der Waals surface area contributed by atoms with Crippen molar-refractivity contribution in [1.82, 2.24) is 0 Å². The molecule has 0 bridgehead atoms. The van der Waals surface area contributed by atoms with Gasteiger partial charge in [0.1, 0.15) is 40.3 Å². The summed E-state index contributed by atoms with van der Waals surface area (Å²) in [5, 5.41) is 0. The zero-order valence-electron chi connectivity index (χ0n) is 29.3. The highest BCUT2D eigenvalue weighted by Crippen LogP contribution is 2.33. The maximum atomic E-state index is 6.30. The van der Waals surface area contributed by atoms with E-state index in [-0.39, 0.29) is 32.7 Å². The Morgan fingerprint density at radius 2 is 0.520 bits per heavy atom. The van der Waals surface area contributed by atoms with Crippen molar-refractivity contribution in [1.29, 1.82) is 0 Å². The molecule has 0 saturated carbocycles. The van der Waals surface area contributed by atoms with Gasteiger partial charge in [-0.3, -0.25) is 0 Å². The minimum absolute atomic E-state index is 0.0276. The normalized spacial score (nSPS) is 12.9. The third-order valence-corrected chi connectivity index (χ3v) is 15.7. The number of benzene rings is 6. The molecule has 0 aliphatic heterocycles. The summed E-state index contributed by atoms with van der Waals surface area (Å²) in [5.41, 5.74) is 0. The van der Waals surface area contributed by atoms with Crippen LogP contribution >= 0.6 is 0 Å². The number of hydrogen-bond acceptors (Lipinski definition) is 2. The van der Waals surface area contributed by atoms with Gasteiger partial charge in [0.2, 0.25) is 0 Å². The van der Waals surface area contributed by atoms with Crippen LogP contribution in [0.5, 0.6) is 23.0 Å². The first-order valence-corrected chi connectivity index (χ1v) is 21.8. The fourth-order valence-electron chi connectivity index (χ4n) is 5.86. The molecule has 0 aromatic heterocycles. The molecule has 0 aliphatic carbocycles. The summed E-state index contributed by atoms with van der Waals surface area (Å²) in [7, 11) is 0.135. The lowest BCUT2D eigenvalue weighted by Crippen LogP contribution is -2.08. The Morgan fingerprint density at radius 3 is 0.740 bits per heavy atom. The van der Waals surface area contributed by atoms with Crippen LogP contribution in [0, 0.1) is 0 Å². The van der Waals surface area contributed by atoms with E-state index in [1.807, 2.05) is 0 Å². The monoisotopic (exact) mass is 715 g/mol. The van der Waals surface area contributed by atoms with Gasteiger partial charge in [-0.05, 0) is 141 Å². The molecule has 254 valence electrons. The minimum Gasteiger partial charge on any atom is -0.457 e. The lowest BCUT2D eigenvalue weighted by molar-refractivity contribution is 0.481. The standard InChI is InChI=1S/C45H47O2S3/c1-4-33-48(40-13-9-7-10-14-40)42-25-17-36(18-26-42)46-38-21-29-44(30-22-38)50(35-6-3)45-31-23-39(24-32-45)47-37-19-27-43(28-20-37)49(34-5-2)41-15-11-8-12-16-41/h7-32H,4-6,33-35H2,1-3H3/q+3. The molecular weight excluding hydrogens is 669 g/mol. The van der Waals surface area contributed by atoms with E-state index >= 15 is 0 Å². The Bertz CT molecular complexity index is 1720. The summed E-state index contributed by atoms with van der Waals surface area (Å²) in [4.78, 5) is 8.16. The molecule has 0 radical (unpaired) electrons. The topological polar surface area (TPSA) is 18.5 Å². The maximum Gasteiger partial charge on any atom is 0.160 e. The van der Waals surface area contributed by atoms with Gasteiger partial charge >= 0.3 is 0 Å². The summed E-state index contributed by atoms with van der Waals surface area (Å²) in [6.07, 6.45) is 3.43. The molecule has 5 heteroatoms. The van der Waals surface area contributed by atoms with Crippen LogP contribution in [0.4, 0.5) is 0 Å². The molecule has 0 heterocycles. The highest BCUT2D eigenvalue weighted by atomic mass is 32.2. The Labute approximate surface area is 308 Å². The first kappa shape index (κ1) is 35.8. The Morgan fingerprint density at radius 1 is 0.300 bits per heavy atom. The van der Waals surface area contributed by atoms with Crippen LogP contribution in [-0.2, 0) is 32.7 Å². The largest absolute Gasteiger partial charge is 0.457 e. The van der Waals surface area contributed by atoms with Gasteiger partial charge in [0, 0.05) is 0 Å². The predicted molar refractivity (Wildman–Crippen MR) is 216 cm³/mol. The molecule has 2 atom stereocenters. The molecule has 2 unspecified atom stereocenters. The van der Waals surface area contributed by atoms with Crippen LogP contribution in [0.25, 0.3) is 0 Å². The predicted octanol–water partition coefficient (Wildman–Crippen LogP) is 12.6. The summed E-state index contributed by atoms with van der Waals surface area (Å²) < 4.78 is 12.6. The molecule has 0 N–H and O–H groups in total. The van der Waals surface area contributed by atoms with Gasteiger partial charge < -0.3 is 9.47 Å². The van der Waals surface area contributed by atoms with E-state index in [1.54, 1.807) is 0 Å². The van der Waals surface area contributed by atoms with Crippen molar-refractivity contribution < 1.29 is 9.47 Å². The zero-order valence-corrected chi connectivity index (χ0v) is 31.7. The first-order valence-electron chi connectivity index (χ1n) is 17.6. The molecule has 6 aromatic rings. The van der Waals surface area contributed by atoms with Crippen LogP contribution in [0.1, 0.15) is 40.0 Å². The molecule has 0 fully saturated rings. The zero-order chi connectivity index (χ0) is 34.5. The van der Waals surface area contributed by atoms with Gasteiger partial charge in [-0.1, -0.05) is 57.2 Å². The summed E-state index contributed by atoms with van der Waals surface area (Å²) in [5.74, 6) is 6.86. The quantitative estimate of drug-likeness (QED) is 0.0929. The second-order valence-electron chi connectivity index (χ2n) is 12.0. The minimum atomic E-state index is -0.0276. The van der Waals surface area contributed by atoms with Crippen LogP contribution in [-0.4, -0.2) is 17.3 Å². The van der Waals surface area contributed by atoms with Crippen molar-refractivity contribution in [2.75, 3.05) is 17.3 Å². The summed E-state index contributed by atoms with van der Waals surface area (Å²) in [6.45, 7) is 6.78. The van der Waals surface area contributed by atoms with E-state index in [4.69, 9.17) is 9.47 Å². The third kappa shape index (κ3) is 9.39. The van der Waals surface area contributed by atoms with E-state index in [0.29, 0.717) is 0 Å². The summed E-state index contributed by atoms with van der Waals surface area (Å²) in [6, 6.07) is 56.4. The van der Waals surface area contributed by atoms with Gasteiger partial charge in [0.15, 0.2) is 29.4 Å². The molecule has 50 heavy (non-hydrogen) atoms. The molecule has 0 amide bonds.